The zero-order valence-corrected chi connectivity index (χ0v) is 21.4. The Bertz CT molecular complexity index is 800. The minimum Gasteiger partial charge on any atom is -0.464 e. The molecule has 1 aliphatic rings. The third-order valence-electron chi connectivity index (χ3n) is 6.43. The fourth-order valence-corrected chi connectivity index (χ4v) is 5.03. The van der Waals surface area contributed by atoms with E-state index in [0.717, 1.165) is 0 Å². The number of rotatable bonds is 7. The molecular weight excluding hydrogens is 426 g/mol. The molecule has 0 saturated carbocycles. The molecule has 1 saturated heterocycles. The number of ether oxygens (including phenoxy) is 2. The molecule has 1 atom stereocenters. The van der Waals surface area contributed by atoms with Crippen molar-refractivity contribution >= 4 is 26.2 Å². The van der Waals surface area contributed by atoms with Crippen LogP contribution in [-0.2, 0) is 23.5 Å². The Kier molecular flexibility index (Phi) is 8.28. The first-order valence-corrected chi connectivity index (χ1v) is 14.2. The quantitative estimate of drug-likeness (QED) is 0.343. The number of hydrogen-bond donors (Lipinski definition) is 0. The third-order valence-corrected chi connectivity index (χ3v) is 11.0. The van der Waals surface area contributed by atoms with E-state index in [2.05, 4.69) is 33.9 Å². The molecule has 0 spiro atoms. The summed E-state index contributed by atoms with van der Waals surface area (Å²) in [7, 11) is -2.14. The van der Waals surface area contributed by atoms with E-state index in [1.165, 1.54) is 4.90 Å². The van der Waals surface area contributed by atoms with Gasteiger partial charge in [-0.15, -0.1) is 0 Å². The highest BCUT2D eigenvalue weighted by Crippen LogP contribution is 2.40. The smallest absolute Gasteiger partial charge is 0.343 e. The molecule has 0 aliphatic carbocycles. The summed E-state index contributed by atoms with van der Waals surface area (Å²) in [4.78, 5) is 41.3. The lowest BCUT2D eigenvalue weighted by Crippen LogP contribution is -2.68. The van der Waals surface area contributed by atoms with Crippen molar-refractivity contribution in [3.05, 3.63) is 35.9 Å². The number of hydrogen-bond acceptors (Lipinski definition) is 6. The third kappa shape index (κ3) is 5.23. The zero-order valence-electron chi connectivity index (χ0n) is 20.4. The van der Waals surface area contributed by atoms with Gasteiger partial charge in [0.2, 0.25) is 5.54 Å². The van der Waals surface area contributed by atoms with Crippen molar-refractivity contribution in [2.75, 3.05) is 19.8 Å². The standard InChI is InChI=1S/C24H37NO6Si/c1-8-29-21(27)24(22(28)30-9-2)16-15-19(31-32(6,7)23(3,4)5)17-25(24)20(26)18-13-11-10-12-14-18/h10-14,19H,8-9,15-17H2,1-7H3/t19-/m0/s1. The minimum atomic E-state index is -2.14. The van der Waals surface area contributed by atoms with Gasteiger partial charge < -0.3 is 18.8 Å². The molecule has 1 aromatic rings. The predicted octanol–water partition coefficient (Wildman–Crippen LogP) is 4.18. The summed E-state index contributed by atoms with van der Waals surface area (Å²) in [5.41, 5.74) is -1.44. The van der Waals surface area contributed by atoms with Crippen LogP contribution in [0.4, 0.5) is 0 Å². The lowest BCUT2D eigenvalue weighted by Gasteiger charge is -2.48. The fraction of sp³-hybridized carbons (Fsp3) is 0.625. The molecule has 7 nitrogen and oxygen atoms in total. The summed E-state index contributed by atoms with van der Waals surface area (Å²) in [5.74, 6) is -1.93. The van der Waals surface area contributed by atoms with Crippen molar-refractivity contribution in [1.29, 1.82) is 0 Å². The van der Waals surface area contributed by atoms with Crippen molar-refractivity contribution in [3.63, 3.8) is 0 Å². The number of nitrogens with zero attached hydrogens (tertiary/aromatic N) is 1. The molecule has 1 amide bonds. The van der Waals surface area contributed by atoms with E-state index >= 15 is 0 Å². The summed E-state index contributed by atoms with van der Waals surface area (Å²) < 4.78 is 17.2. The summed E-state index contributed by atoms with van der Waals surface area (Å²) in [6, 6.07) is 8.64. The van der Waals surface area contributed by atoms with E-state index in [1.54, 1.807) is 44.2 Å². The molecule has 0 radical (unpaired) electrons. The maximum absolute atomic E-state index is 13.6. The molecule has 178 valence electrons. The predicted molar refractivity (Wildman–Crippen MR) is 125 cm³/mol. The number of benzene rings is 1. The van der Waals surface area contributed by atoms with Crippen molar-refractivity contribution in [2.45, 2.75) is 77.2 Å². The van der Waals surface area contributed by atoms with E-state index in [1.807, 2.05) is 0 Å². The molecule has 1 heterocycles. The van der Waals surface area contributed by atoms with Crippen LogP contribution in [0, 0.1) is 0 Å². The second-order valence-electron chi connectivity index (χ2n) is 9.62. The van der Waals surface area contributed by atoms with E-state index in [0.29, 0.717) is 12.0 Å². The average molecular weight is 464 g/mol. The van der Waals surface area contributed by atoms with E-state index < -0.39 is 31.7 Å². The fourth-order valence-electron chi connectivity index (χ4n) is 3.65. The molecule has 0 N–H and O–H groups in total. The first-order valence-electron chi connectivity index (χ1n) is 11.3. The molecule has 1 fully saturated rings. The van der Waals surface area contributed by atoms with Crippen molar-refractivity contribution in [2.24, 2.45) is 0 Å². The lowest BCUT2D eigenvalue weighted by molar-refractivity contribution is -0.177. The molecule has 1 aliphatic heterocycles. The van der Waals surface area contributed by atoms with Crippen LogP contribution in [0.3, 0.4) is 0 Å². The van der Waals surface area contributed by atoms with Gasteiger partial charge in [-0.2, -0.15) is 0 Å². The van der Waals surface area contributed by atoms with Crippen LogP contribution < -0.4 is 0 Å². The van der Waals surface area contributed by atoms with Gasteiger partial charge in [0.1, 0.15) is 0 Å². The Morgan fingerprint density at radius 1 is 1.03 bits per heavy atom. The first kappa shape index (κ1) is 26.1. The van der Waals surface area contributed by atoms with Gasteiger partial charge >= 0.3 is 11.9 Å². The van der Waals surface area contributed by atoms with Crippen molar-refractivity contribution in [3.8, 4) is 0 Å². The maximum Gasteiger partial charge on any atom is 0.343 e. The molecule has 0 aromatic heterocycles. The van der Waals surface area contributed by atoms with Gasteiger partial charge in [0, 0.05) is 12.1 Å². The summed E-state index contributed by atoms with van der Waals surface area (Å²) >= 11 is 0. The molecular formula is C24H37NO6Si. The van der Waals surface area contributed by atoms with Gasteiger partial charge in [0.15, 0.2) is 8.32 Å². The van der Waals surface area contributed by atoms with Crippen LogP contribution in [0.2, 0.25) is 18.1 Å². The monoisotopic (exact) mass is 463 g/mol. The highest BCUT2D eigenvalue weighted by Gasteiger charge is 2.59. The Balaban J connectivity index is 2.51. The summed E-state index contributed by atoms with van der Waals surface area (Å²) in [6.07, 6.45) is 0.242. The van der Waals surface area contributed by atoms with Gasteiger partial charge in [-0.1, -0.05) is 39.0 Å². The zero-order chi connectivity index (χ0) is 24.2. The van der Waals surface area contributed by atoms with Crippen LogP contribution in [-0.4, -0.2) is 62.5 Å². The van der Waals surface area contributed by atoms with Crippen LogP contribution in [0.25, 0.3) is 0 Å². The van der Waals surface area contributed by atoms with Gasteiger partial charge in [0.05, 0.1) is 19.3 Å². The first-order chi connectivity index (χ1) is 14.9. The lowest BCUT2D eigenvalue weighted by atomic mass is 9.84. The van der Waals surface area contributed by atoms with Crippen molar-refractivity contribution < 1.29 is 28.3 Å². The number of carbonyl (C=O) groups excluding carboxylic acids is 3. The number of piperidine rings is 1. The normalized spacial score (nSPS) is 18.7. The molecule has 2 rings (SSSR count). The van der Waals surface area contributed by atoms with Crippen molar-refractivity contribution in [1.82, 2.24) is 4.90 Å². The SMILES string of the molecule is CCOC(=O)C1(C(=O)OCC)CC[C@H](O[Si](C)(C)C(C)(C)C)CN1C(=O)c1ccccc1. The second-order valence-corrected chi connectivity index (χ2v) is 14.4. The molecule has 0 bridgehead atoms. The maximum atomic E-state index is 13.6. The highest BCUT2D eigenvalue weighted by atomic mass is 28.4. The number of amides is 1. The average Bonchev–Trinajstić information content (AvgIpc) is 2.73. The largest absolute Gasteiger partial charge is 0.464 e. The van der Waals surface area contributed by atoms with Gasteiger partial charge in [-0.05, 0) is 57.0 Å². The highest BCUT2D eigenvalue weighted by molar-refractivity contribution is 6.74. The Hall–Kier alpha value is -2.19. The van der Waals surface area contributed by atoms with E-state index in [9.17, 15) is 14.4 Å². The van der Waals surface area contributed by atoms with E-state index in [4.69, 9.17) is 13.9 Å². The van der Waals surface area contributed by atoms with Crippen LogP contribution in [0.15, 0.2) is 30.3 Å². The van der Waals surface area contributed by atoms with Gasteiger partial charge in [-0.25, -0.2) is 9.59 Å². The summed E-state index contributed by atoms with van der Waals surface area (Å²) in [5, 5.41) is -0.0158. The number of esters is 2. The minimum absolute atomic E-state index is 0.0158. The Morgan fingerprint density at radius 2 is 1.56 bits per heavy atom. The molecule has 8 heteroatoms. The van der Waals surface area contributed by atoms with Crippen LogP contribution >= 0.6 is 0 Å². The van der Waals surface area contributed by atoms with Crippen LogP contribution in [0.1, 0.15) is 57.8 Å². The molecule has 1 aromatic carbocycles. The van der Waals surface area contributed by atoms with E-state index in [-0.39, 0.29) is 37.3 Å². The Labute approximate surface area is 192 Å². The number of likely N-dealkylation sites (tertiary alicyclic amines) is 1. The number of carbonyl (C=O) groups is 3. The summed E-state index contributed by atoms with van der Waals surface area (Å²) in [6.45, 7) is 14.4. The van der Waals surface area contributed by atoms with Crippen LogP contribution in [0.5, 0.6) is 0 Å². The second kappa shape index (κ2) is 10.2. The molecule has 0 unspecified atom stereocenters. The van der Waals surface area contributed by atoms with Gasteiger partial charge in [0.25, 0.3) is 5.91 Å². The van der Waals surface area contributed by atoms with Gasteiger partial charge in [-0.3, -0.25) is 4.79 Å². The molecule has 32 heavy (non-hydrogen) atoms. The topological polar surface area (TPSA) is 82.1 Å². The Morgan fingerprint density at radius 3 is 2.03 bits per heavy atom.